The smallest absolute Gasteiger partial charge is 0.119 e. The number of rotatable bonds is 5. The summed E-state index contributed by atoms with van der Waals surface area (Å²) in [6, 6.07) is 7.16. The zero-order valence-corrected chi connectivity index (χ0v) is 17.0. The molecule has 0 unspecified atom stereocenters. The SMILES string of the molecule is CC(C)CCOc1ccc2c(c1)[C@H]1OCC[C@H]1[C@@H](C1CCCCC1)N2.Cl. The molecule has 3 nitrogen and oxygen atoms in total. The lowest BCUT2D eigenvalue weighted by Crippen LogP contribution is -2.42. The van der Waals surface area contributed by atoms with Crippen LogP contribution in [0, 0.1) is 17.8 Å². The van der Waals surface area contributed by atoms with E-state index in [0.29, 0.717) is 17.9 Å². The van der Waals surface area contributed by atoms with Gasteiger partial charge in [-0.1, -0.05) is 33.1 Å². The van der Waals surface area contributed by atoms with Gasteiger partial charge in [0.25, 0.3) is 0 Å². The molecule has 3 aliphatic rings. The lowest BCUT2D eigenvalue weighted by atomic mass is 9.73. The Morgan fingerprint density at radius 2 is 1.96 bits per heavy atom. The van der Waals surface area contributed by atoms with Crippen LogP contribution >= 0.6 is 12.4 Å². The van der Waals surface area contributed by atoms with Gasteiger partial charge >= 0.3 is 0 Å². The largest absolute Gasteiger partial charge is 0.494 e. The highest BCUT2D eigenvalue weighted by Crippen LogP contribution is 2.49. The predicted molar refractivity (Wildman–Crippen MR) is 109 cm³/mol. The van der Waals surface area contributed by atoms with E-state index in [1.807, 2.05) is 0 Å². The van der Waals surface area contributed by atoms with Crippen molar-refractivity contribution in [3.8, 4) is 5.75 Å². The minimum absolute atomic E-state index is 0. The third-order valence-corrected chi connectivity index (χ3v) is 6.37. The Kier molecular flexibility index (Phi) is 6.74. The summed E-state index contributed by atoms with van der Waals surface area (Å²) in [7, 11) is 0. The monoisotopic (exact) mass is 379 g/mol. The van der Waals surface area contributed by atoms with Crippen LogP contribution in [0.3, 0.4) is 0 Å². The maximum absolute atomic E-state index is 6.21. The second-order valence-corrected chi connectivity index (χ2v) is 8.59. The van der Waals surface area contributed by atoms with Gasteiger partial charge in [-0.25, -0.2) is 0 Å². The van der Waals surface area contributed by atoms with Crippen LogP contribution in [0.1, 0.15) is 70.5 Å². The first-order valence-electron chi connectivity index (χ1n) is 10.4. The number of hydrogen-bond donors (Lipinski definition) is 1. The normalized spacial score (nSPS) is 28.0. The Labute approximate surface area is 164 Å². The van der Waals surface area contributed by atoms with Crippen molar-refractivity contribution in [2.45, 2.75) is 70.9 Å². The molecule has 146 valence electrons. The Morgan fingerprint density at radius 1 is 1.15 bits per heavy atom. The Morgan fingerprint density at radius 3 is 2.73 bits per heavy atom. The molecule has 1 aromatic rings. The van der Waals surface area contributed by atoms with Gasteiger partial charge in [-0.15, -0.1) is 12.4 Å². The van der Waals surface area contributed by atoms with Crippen molar-refractivity contribution >= 4 is 18.1 Å². The molecule has 0 amide bonds. The third-order valence-electron chi connectivity index (χ3n) is 6.37. The zero-order chi connectivity index (χ0) is 17.2. The number of ether oxygens (including phenoxy) is 2. The number of halogens is 1. The van der Waals surface area contributed by atoms with Crippen molar-refractivity contribution in [2.24, 2.45) is 17.8 Å². The molecule has 1 saturated carbocycles. The summed E-state index contributed by atoms with van der Waals surface area (Å²) in [6.07, 6.45) is 9.53. The average molecular weight is 380 g/mol. The maximum atomic E-state index is 6.21. The topological polar surface area (TPSA) is 30.5 Å². The van der Waals surface area contributed by atoms with Gasteiger partial charge in [0, 0.05) is 29.8 Å². The summed E-state index contributed by atoms with van der Waals surface area (Å²) in [5.41, 5.74) is 2.59. The average Bonchev–Trinajstić information content (AvgIpc) is 3.11. The van der Waals surface area contributed by atoms with Crippen molar-refractivity contribution in [3.63, 3.8) is 0 Å². The van der Waals surface area contributed by atoms with Crippen LogP contribution in [0.5, 0.6) is 5.75 Å². The van der Waals surface area contributed by atoms with E-state index in [4.69, 9.17) is 9.47 Å². The molecular formula is C22H34ClNO2. The second kappa shape index (κ2) is 8.84. The molecule has 3 atom stereocenters. The Hall–Kier alpha value is -0.930. The predicted octanol–water partition coefficient (Wildman–Crippen LogP) is 5.99. The highest BCUT2D eigenvalue weighted by molar-refractivity contribution is 5.85. The van der Waals surface area contributed by atoms with Crippen LogP contribution in [0.25, 0.3) is 0 Å². The molecule has 0 spiro atoms. The van der Waals surface area contributed by atoms with Crippen molar-refractivity contribution in [1.29, 1.82) is 0 Å². The molecule has 1 aromatic carbocycles. The number of fused-ring (bicyclic) bond motifs is 3. The van der Waals surface area contributed by atoms with Crippen molar-refractivity contribution in [3.05, 3.63) is 23.8 Å². The molecule has 2 fully saturated rings. The van der Waals surface area contributed by atoms with Crippen LogP contribution in [0.4, 0.5) is 5.69 Å². The van der Waals surface area contributed by atoms with Crippen LogP contribution in [0.15, 0.2) is 18.2 Å². The van der Waals surface area contributed by atoms with E-state index in [1.165, 1.54) is 49.8 Å². The summed E-state index contributed by atoms with van der Waals surface area (Å²) in [4.78, 5) is 0. The molecule has 1 saturated heterocycles. The van der Waals surface area contributed by atoms with E-state index in [2.05, 4.69) is 37.4 Å². The van der Waals surface area contributed by atoms with Gasteiger partial charge in [0.2, 0.25) is 0 Å². The van der Waals surface area contributed by atoms with E-state index in [-0.39, 0.29) is 18.5 Å². The Bertz CT molecular complexity index is 586. The van der Waals surface area contributed by atoms with Crippen molar-refractivity contribution < 1.29 is 9.47 Å². The molecule has 4 rings (SSSR count). The minimum Gasteiger partial charge on any atom is -0.494 e. The number of hydrogen-bond acceptors (Lipinski definition) is 3. The van der Waals surface area contributed by atoms with Gasteiger partial charge in [-0.2, -0.15) is 0 Å². The summed E-state index contributed by atoms with van der Waals surface area (Å²) in [6.45, 7) is 6.17. The second-order valence-electron chi connectivity index (χ2n) is 8.59. The molecule has 26 heavy (non-hydrogen) atoms. The molecule has 0 aromatic heterocycles. The molecule has 0 bridgehead atoms. The van der Waals surface area contributed by atoms with E-state index in [1.54, 1.807) is 0 Å². The summed E-state index contributed by atoms with van der Waals surface area (Å²) >= 11 is 0. The molecular weight excluding hydrogens is 346 g/mol. The molecule has 4 heteroatoms. The quantitative estimate of drug-likeness (QED) is 0.681. The fraction of sp³-hybridized carbons (Fsp3) is 0.727. The van der Waals surface area contributed by atoms with E-state index >= 15 is 0 Å². The maximum Gasteiger partial charge on any atom is 0.119 e. The number of benzene rings is 1. The van der Waals surface area contributed by atoms with Crippen molar-refractivity contribution in [1.82, 2.24) is 0 Å². The first kappa shape index (κ1) is 19.8. The minimum atomic E-state index is 0. The van der Waals surface area contributed by atoms with Gasteiger partial charge in [-0.05, 0) is 55.7 Å². The van der Waals surface area contributed by atoms with Gasteiger partial charge in [0.1, 0.15) is 5.75 Å². The molecule has 1 N–H and O–H groups in total. The lowest BCUT2D eigenvalue weighted by molar-refractivity contribution is 0.0729. The first-order valence-corrected chi connectivity index (χ1v) is 10.4. The fourth-order valence-corrected chi connectivity index (χ4v) is 4.95. The van der Waals surface area contributed by atoms with Crippen molar-refractivity contribution in [2.75, 3.05) is 18.5 Å². The number of nitrogens with one attached hydrogen (secondary N) is 1. The highest BCUT2D eigenvalue weighted by atomic mass is 35.5. The van der Waals surface area contributed by atoms with Gasteiger partial charge in [-0.3, -0.25) is 0 Å². The lowest BCUT2D eigenvalue weighted by Gasteiger charge is -2.42. The van der Waals surface area contributed by atoms with Gasteiger partial charge in [0.05, 0.1) is 12.7 Å². The summed E-state index contributed by atoms with van der Waals surface area (Å²) in [5, 5.41) is 3.90. The molecule has 2 aliphatic heterocycles. The first-order chi connectivity index (χ1) is 12.2. The highest BCUT2D eigenvalue weighted by Gasteiger charge is 2.43. The summed E-state index contributed by atoms with van der Waals surface area (Å²) in [5.74, 6) is 3.12. The Balaban J connectivity index is 0.00000196. The van der Waals surface area contributed by atoms with Crippen LogP contribution in [-0.2, 0) is 4.74 Å². The fourth-order valence-electron chi connectivity index (χ4n) is 4.95. The molecule has 0 radical (unpaired) electrons. The summed E-state index contributed by atoms with van der Waals surface area (Å²) < 4.78 is 12.2. The van der Waals surface area contributed by atoms with Gasteiger partial charge < -0.3 is 14.8 Å². The van der Waals surface area contributed by atoms with Crippen LogP contribution in [0.2, 0.25) is 0 Å². The molecule has 2 heterocycles. The van der Waals surface area contributed by atoms with Gasteiger partial charge in [0.15, 0.2) is 0 Å². The number of anilines is 1. The molecule has 1 aliphatic carbocycles. The zero-order valence-electron chi connectivity index (χ0n) is 16.2. The van der Waals surface area contributed by atoms with E-state index in [0.717, 1.165) is 31.3 Å². The van der Waals surface area contributed by atoms with E-state index in [9.17, 15) is 0 Å². The van der Waals surface area contributed by atoms with Crippen LogP contribution < -0.4 is 10.1 Å². The van der Waals surface area contributed by atoms with Crippen LogP contribution in [-0.4, -0.2) is 19.3 Å². The standard InChI is InChI=1S/C22H33NO2.ClH/c1-15(2)10-12-24-17-8-9-20-19(14-17)22-18(11-13-25-22)21(23-20)16-6-4-3-5-7-16;/h8-9,14-16,18,21-23H,3-7,10-13H2,1-2H3;1H/t18-,21+,22-;/m0./s1. The third kappa shape index (κ3) is 4.14. The van der Waals surface area contributed by atoms with E-state index < -0.39 is 0 Å².